The van der Waals surface area contributed by atoms with Gasteiger partial charge in [-0.1, -0.05) is 32.4 Å². The third-order valence-electron chi connectivity index (χ3n) is 2.60. The summed E-state index contributed by atoms with van der Waals surface area (Å²) in [7, 11) is 0. The molecule has 64 valence electrons. The van der Waals surface area contributed by atoms with Gasteiger partial charge in [0.1, 0.15) is 0 Å². The molecule has 0 fully saturated rings. The predicted molar refractivity (Wildman–Crippen MR) is 47.3 cm³/mol. The van der Waals surface area contributed by atoms with Gasteiger partial charge in [-0.25, -0.2) is 0 Å². The lowest BCUT2D eigenvalue weighted by Crippen LogP contribution is -2.22. The Labute approximate surface area is 69.1 Å². The summed E-state index contributed by atoms with van der Waals surface area (Å²) in [5.74, 6) is 1.06. The Balaban J connectivity index is 2.59. The normalized spacial score (nSPS) is 32.3. The molecule has 11 heavy (non-hydrogen) atoms. The van der Waals surface area contributed by atoms with Crippen LogP contribution in [0.5, 0.6) is 0 Å². The van der Waals surface area contributed by atoms with Crippen LogP contribution < -0.4 is 0 Å². The Kier molecular flexibility index (Phi) is 2.72. The van der Waals surface area contributed by atoms with E-state index in [9.17, 15) is 5.11 Å². The molecule has 0 aromatic carbocycles. The van der Waals surface area contributed by atoms with Crippen molar-refractivity contribution in [1.82, 2.24) is 0 Å². The van der Waals surface area contributed by atoms with E-state index in [4.69, 9.17) is 0 Å². The maximum Gasteiger partial charge on any atom is 0.0605 e. The SMILES string of the molecule is CC(C)C1=CCC(C)C(O)C1. The standard InChI is InChI=1S/C10H18O/c1-7(2)9-5-4-8(3)10(11)6-9/h5,7-8,10-11H,4,6H2,1-3H3. The molecule has 1 N–H and O–H groups in total. The molecule has 0 aromatic rings. The van der Waals surface area contributed by atoms with Crippen molar-refractivity contribution >= 4 is 0 Å². The Hall–Kier alpha value is -0.300. The fourth-order valence-corrected chi connectivity index (χ4v) is 1.49. The van der Waals surface area contributed by atoms with E-state index < -0.39 is 0 Å². The number of aliphatic hydroxyl groups excluding tert-OH is 1. The fourth-order valence-electron chi connectivity index (χ4n) is 1.49. The third-order valence-corrected chi connectivity index (χ3v) is 2.60. The van der Waals surface area contributed by atoms with Gasteiger partial charge in [0.05, 0.1) is 6.10 Å². The van der Waals surface area contributed by atoms with Gasteiger partial charge in [-0.2, -0.15) is 0 Å². The van der Waals surface area contributed by atoms with Crippen LogP contribution in [-0.2, 0) is 0 Å². The molecule has 0 radical (unpaired) electrons. The summed E-state index contributed by atoms with van der Waals surface area (Å²) in [5.41, 5.74) is 1.43. The molecule has 1 rings (SSSR count). The summed E-state index contributed by atoms with van der Waals surface area (Å²) in [6.07, 6.45) is 4.13. The summed E-state index contributed by atoms with van der Waals surface area (Å²) in [6.45, 7) is 6.49. The zero-order chi connectivity index (χ0) is 8.43. The van der Waals surface area contributed by atoms with Gasteiger partial charge < -0.3 is 5.11 Å². The second-order valence-electron chi connectivity index (χ2n) is 3.92. The van der Waals surface area contributed by atoms with Gasteiger partial charge in [-0.15, -0.1) is 0 Å². The highest BCUT2D eigenvalue weighted by Gasteiger charge is 2.20. The van der Waals surface area contributed by atoms with Crippen molar-refractivity contribution in [1.29, 1.82) is 0 Å². The average molecular weight is 154 g/mol. The first kappa shape index (κ1) is 8.79. The number of aliphatic hydroxyl groups is 1. The number of hydrogen-bond donors (Lipinski definition) is 1. The highest BCUT2D eigenvalue weighted by molar-refractivity contribution is 5.10. The summed E-state index contributed by atoms with van der Waals surface area (Å²) in [6, 6.07) is 0. The second-order valence-corrected chi connectivity index (χ2v) is 3.92. The lowest BCUT2D eigenvalue weighted by Gasteiger charge is -2.26. The van der Waals surface area contributed by atoms with Crippen LogP contribution in [0.3, 0.4) is 0 Å². The molecule has 0 saturated heterocycles. The number of rotatable bonds is 1. The van der Waals surface area contributed by atoms with Gasteiger partial charge in [0.15, 0.2) is 0 Å². The highest BCUT2D eigenvalue weighted by atomic mass is 16.3. The molecule has 0 saturated carbocycles. The van der Waals surface area contributed by atoms with Crippen LogP contribution in [0.4, 0.5) is 0 Å². The minimum absolute atomic E-state index is 0.0996. The van der Waals surface area contributed by atoms with Gasteiger partial charge in [-0.05, 0) is 24.7 Å². The molecule has 0 aromatic heterocycles. The van der Waals surface area contributed by atoms with Crippen LogP contribution in [0.25, 0.3) is 0 Å². The Morgan fingerprint density at radius 2 is 2.18 bits per heavy atom. The van der Waals surface area contributed by atoms with Gasteiger partial charge in [-0.3, -0.25) is 0 Å². The van der Waals surface area contributed by atoms with E-state index in [1.165, 1.54) is 5.57 Å². The Bertz CT molecular complexity index is 158. The van der Waals surface area contributed by atoms with Gasteiger partial charge in [0, 0.05) is 0 Å². The predicted octanol–water partition coefficient (Wildman–Crippen LogP) is 2.36. The summed E-state index contributed by atoms with van der Waals surface area (Å²) in [4.78, 5) is 0. The van der Waals surface area contributed by atoms with Crippen LogP contribution >= 0.6 is 0 Å². The molecule has 2 atom stereocenters. The van der Waals surface area contributed by atoms with Crippen molar-refractivity contribution < 1.29 is 5.11 Å². The van der Waals surface area contributed by atoms with E-state index in [-0.39, 0.29) is 6.10 Å². The molecular formula is C10H18O. The summed E-state index contributed by atoms with van der Waals surface area (Å²) < 4.78 is 0. The van der Waals surface area contributed by atoms with E-state index in [0.29, 0.717) is 11.8 Å². The van der Waals surface area contributed by atoms with E-state index in [1.54, 1.807) is 0 Å². The molecular weight excluding hydrogens is 136 g/mol. The molecule has 0 spiro atoms. The van der Waals surface area contributed by atoms with Crippen molar-refractivity contribution in [2.45, 2.75) is 39.7 Å². The van der Waals surface area contributed by atoms with E-state index >= 15 is 0 Å². The number of allylic oxidation sites excluding steroid dienone is 1. The Morgan fingerprint density at radius 1 is 1.55 bits per heavy atom. The third kappa shape index (κ3) is 2.06. The van der Waals surface area contributed by atoms with Crippen LogP contribution in [0.2, 0.25) is 0 Å². The first-order valence-electron chi connectivity index (χ1n) is 4.48. The van der Waals surface area contributed by atoms with Crippen molar-refractivity contribution in [2.75, 3.05) is 0 Å². The zero-order valence-corrected chi connectivity index (χ0v) is 7.67. The van der Waals surface area contributed by atoms with E-state index in [1.807, 2.05) is 0 Å². The van der Waals surface area contributed by atoms with Gasteiger partial charge in [0.25, 0.3) is 0 Å². The molecule has 2 unspecified atom stereocenters. The topological polar surface area (TPSA) is 20.2 Å². The minimum atomic E-state index is -0.0996. The number of hydrogen-bond acceptors (Lipinski definition) is 1. The van der Waals surface area contributed by atoms with Crippen molar-refractivity contribution in [2.24, 2.45) is 11.8 Å². The monoisotopic (exact) mass is 154 g/mol. The van der Waals surface area contributed by atoms with Gasteiger partial charge >= 0.3 is 0 Å². The first-order chi connectivity index (χ1) is 5.11. The zero-order valence-electron chi connectivity index (χ0n) is 7.67. The quantitative estimate of drug-likeness (QED) is 0.575. The molecule has 0 aliphatic heterocycles. The lowest BCUT2D eigenvalue weighted by atomic mass is 9.84. The van der Waals surface area contributed by atoms with Crippen LogP contribution in [0.1, 0.15) is 33.6 Å². The largest absolute Gasteiger partial charge is 0.393 e. The molecule has 1 aliphatic carbocycles. The van der Waals surface area contributed by atoms with Crippen molar-refractivity contribution in [3.05, 3.63) is 11.6 Å². The maximum atomic E-state index is 9.56. The molecule has 1 nitrogen and oxygen atoms in total. The molecule has 0 amide bonds. The Morgan fingerprint density at radius 3 is 2.64 bits per heavy atom. The first-order valence-corrected chi connectivity index (χ1v) is 4.48. The molecule has 1 aliphatic rings. The lowest BCUT2D eigenvalue weighted by molar-refractivity contribution is 0.109. The van der Waals surface area contributed by atoms with E-state index in [2.05, 4.69) is 26.8 Å². The maximum absolute atomic E-state index is 9.56. The van der Waals surface area contributed by atoms with Crippen molar-refractivity contribution in [3.63, 3.8) is 0 Å². The average Bonchev–Trinajstić information content (AvgIpc) is 1.94. The smallest absolute Gasteiger partial charge is 0.0605 e. The second kappa shape index (κ2) is 3.40. The van der Waals surface area contributed by atoms with Gasteiger partial charge in [0.2, 0.25) is 0 Å². The fraction of sp³-hybridized carbons (Fsp3) is 0.800. The van der Waals surface area contributed by atoms with Crippen LogP contribution in [0.15, 0.2) is 11.6 Å². The summed E-state index contributed by atoms with van der Waals surface area (Å²) in [5, 5.41) is 9.56. The minimum Gasteiger partial charge on any atom is -0.393 e. The summed E-state index contributed by atoms with van der Waals surface area (Å²) >= 11 is 0. The molecule has 1 heteroatoms. The van der Waals surface area contributed by atoms with Crippen molar-refractivity contribution in [3.8, 4) is 0 Å². The van der Waals surface area contributed by atoms with E-state index in [0.717, 1.165) is 12.8 Å². The molecule has 0 bridgehead atoms. The highest BCUT2D eigenvalue weighted by Crippen LogP contribution is 2.27. The van der Waals surface area contributed by atoms with Crippen LogP contribution in [-0.4, -0.2) is 11.2 Å². The molecule has 0 heterocycles. The van der Waals surface area contributed by atoms with Crippen LogP contribution in [0, 0.1) is 11.8 Å².